The number of anilines is 2. The van der Waals surface area contributed by atoms with Crippen molar-refractivity contribution in [3.05, 3.63) is 54.1 Å². The molecule has 2 aromatic carbocycles. The summed E-state index contributed by atoms with van der Waals surface area (Å²) >= 11 is 0. The van der Waals surface area contributed by atoms with Gasteiger partial charge in [0, 0.05) is 24.5 Å². The van der Waals surface area contributed by atoms with E-state index in [-0.39, 0.29) is 6.10 Å². The predicted molar refractivity (Wildman–Crippen MR) is 90.4 cm³/mol. The molecule has 0 saturated carbocycles. The van der Waals surface area contributed by atoms with Crippen LogP contribution in [-0.4, -0.2) is 19.2 Å². The SMILES string of the molecule is Cc1ccc(NCCNc2ccc(OC(C)C)cc2)cc1. The Bertz CT molecular complexity index is 532. The van der Waals surface area contributed by atoms with E-state index < -0.39 is 0 Å². The molecule has 0 radical (unpaired) electrons. The molecule has 2 aromatic rings. The Morgan fingerprint density at radius 1 is 0.810 bits per heavy atom. The van der Waals surface area contributed by atoms with Crippen molar-refractivity contribution in [1.82, 2.24) is 0 Å². The maximum absolute atomic E-state index is 5.62. The minimum Gasteiger partial charge on any atom is -0.491 e. The summed E-state index contributed by atoms with van der Waals surface area (Å²) < 4.78 is 5.62. The van der Waals surface area contributed by atoms with Crippen LogP contribution in [0, 0.1) is 6.92 Å². The first-order valence-corrected chi connectivity index (χ1v) is 7.44. The van der Waals surface area contributed by atoms with Gasteiger partial charge in [-0.1, -0.05) is 17.7 Å². The van der Waals surface area contributed by atoms with Gasteiger partial charge in [0.1, 0.15) is 5.75 Å². The lowest BCUT2D eigenvalue weighted by Crippen LogP contribution is -2.13. The van der Waals surface area contributed by atoms with Crippen LogP contribution in [0.15, 0.2) is 48.5 Å². The molecule has 0 saturated heterocycles. The van der Waals surface area contributed by atoms with Gasteiger partial charge in [0.15, 0.2) is 0 Å². The van der Waals surface area contributed by atoms with Crippen LogP contribution in [0.1, 0.15) is 19.4 Å². The average molecular weight is 284 g/mol. The molecule has 3 nitrogen and oxygen atoms in total. The van der Waals surface area contributed by atoms with Gasteiger partial charge in [0.25, 0.3) is 0 Å². The van der Waals surface area contributed by atoms with Gasteiger partial charge in [0.05, 0.1) is 6.10 Å². The summed E-state index contributed by atoms with van der Waals surface area (Å²) in [5.41, 5.74) is 3.54. The first kappa shape index (κ1) is 15.2. The Labute approximate surface area is 127 Å². The Morgan fingerprint density at radius 3 is 1.76 bits per heavy atom. The molecule has 21 heavy (non-hydrogen) atoms. The molecule has 0 fully saturated rings. The Kier molecular flexibility index (Phi) is 5.50. The lowest BCUT2D eigenvalue weighted by Gasteiger charge is -2.12. The van der Waals surface area contributed by atoms with Gasteiger partial charge in [-0.25, -0.2) is 0 Å². The van der Waals surface area contributed by atoms with Gasteiger partial charge in [0.2, 0.25) is 0 Å². The monoisotopic (exact) mass is 284 g/mol. The Hall–Kier alpha value is -2.16. The fourth-order valence-corrected chi connectivity index (χ4v) is 2.01. The van der Waals surface area contributed by atoms with Crippen LogP contribution in [0.3, 0.4) is 0 Å². The van der Waals surface area contributed by atoms with Gasteiger partial charge in [-0.2, -0.15) is 0 Å². The van der Waals surface area contributed by atoms with E-state index >= 15 is 0 Å². The molecule has 0 aliphatic rings. The summed E-state index contributed by atoms with van der Waals surface area (Å²) in [7, 11) is 0. The van der Waals surface area contributed by atoms with Crippen LogP contribution in [0.2, 0.25) is 0 Å². The Balaban J connectivity index is 1.72. The van der Waals surface area contributed by atoms with Crippen LogP contribution in [0.5, 0.6) is 5.75 Å². The zero-order valence-corrected chi connectivity index (χ0v) is 13.0. The molecule has 2 N–H and O–H groups in total. The van der Waals surface area contributed by atoms with E-state index in [1.165, 1.54) is 5.56 Å². The highest BCUT2D eigenvalue weighted by atomic mass is 16.5. The van der Waals surface area contributed by atoms with Crippen molar-refractivity contribution in [3.8, 4) is 5.75 Å². The smallest absolute Gasteiger partial charge is 0.119 e. The topological polar surface area (TPSA) is 33.3 Å². The molecule has 0 amide bonds. The number of hydrogen-bond donors (Lipinski definition) is 2. The minimum atomic E-state index is 0.211. The van der Waals surface area contributed by atoms with E-state index in [1.807, 2.05) is 38.1 Å². The quantitative estimate of drug-likeness (QED) is 0.743. The second-order valence-electron chi connectivity index (χ2n) is 5.41. The van der Waals surface area contributed by atoms with E-state index in [9.17, 15) is 0 Å². The van der Waals surface area contributed by atoms with Crippen LogP contribution in [0.25, 0.3) is 0 Å². The average Bonchev–Trinajstić information content (AvgIpc) is 2.46. The fourth-order valence-electron chi connectivity index (χ4n) is 2.01. The van der Waals surface area contributed by atoms with Crippen molar-refractivity contribution in [2.24, 2.45) is 0 Å². The summed E-state index contributed by atoms with van der Waals surface area (Å²) in [6.07, 6.45) is 0.211. The normalized spacial score (nSPS) is 10.5. The zero-order chi connectivity index (χ0) is 15.1. The van der Waals surface area contributed by atoms with Gasteiger partial charge in [-0.15, -0.1) is 0 Å². The zero-order valence-electron chi connectivity index (χ0n) is 13.0. The van der Waals surface area contributed by atoms with E-state index in [4.69, 9.17) is 4.74 Å². The van der Waals surface area contributed by atoms with Crippen LogP contribution in [0.4, 0.5) is 11.4 Å². The number of nitrogens with one attached hydrogen (secondary N) is 2. The number of benzene rings is 2. The van der Waals surface area contributed by atoms with Crippen molar-refractivity contribution in [2.45, 2.75) is 26.9 Å². The lowest BCUT2D eigenvalue weighted by molar-refractivity contribution is 0.242. The summed E-state index contributed by atoms with van der Waals surface area (Å²) in [4.78, 5) is 0. The number of ether oxygens (including phenoxy) is 1. The van der Waals surface area contributed by atoms with Crippen molar-refractivity contribution < 1.29 is 4.74 Å². The molecule has 0 aliphatic heterocycles. The van der Waals surface area contributed by atoms with E-state index in [0.717, 1.165) is 30.2 Å². The molecule has 112 valence electrons. The molecule has 0 unspecified atom stereocenters. The third-order valence-electron chi connectivity index (χ3n) is 3.06. The molecule has 0 aliphatic carbocycles. The summed E-state index contributed by atoms with van der Waals surface area (Å²) in [6.45, 7) is 7.91. The molecular weight excluding hydrogens is 260 g/mol. The minimum absolute atomic E-state index is 0.211. The van der Waals surface area contributed by atoms with E-state index in [1.54, 1.807) is 0 Å². The first-order chi connectivity index (χ1) is 10.1. The number of aryl methyl sites for hydroxylation is 1. The third-order valence-corrected chi connectivity index (χ3v) is 3.06. The molecule has 0 atom stereocenters. The lowest BCUT2D eigenvalue weighted by atomic mass is 10.2. The number of rotatable bonds is 7. The van der Waals surface area contributed by atoms with Gasteiger partial charge in [-0.05, 0) is 57.2 Å². The fraction of sp³-hybridized carbons (Fsp3) is 0.333. The molecule has 0 heterocycles. The Morgan fingerprint density at radius 2 is 1.29 bits per heavy atom. The first-order valence-electron chi connectivity index (χ1n) is 7.44. The summed E-state index contributed by atoms with van der Waals surface area (Å²) in [6, 6.07) is 16.5. The van der Waals surface area contributed by atoms with Crippen molar-refractivity contribution in [1.29, 1.82) is 0 Å². The van der Waals surface area contributed by atoms with Crippen LogP contribution < -0.4 is 15.4 Å². The van der Waals surface area contributed by atoms with Crippen LogP contribution in [-0.2, 0) is 0 Å². The maximum atomic E-state index is 5.62. The summed E-state index contributed by atoms with van der Waals surface area (Å²) in [5, 5.41) is 6.78. The standard InChI is InChI=1S/C18H24N2O/c1-14(2)21-18-10-8-17(9-11-18)20-13-12-19-16-6-4-15(3)5-7-16/h4-11,14,19-20H,12-13H2,1-3H3. The van der Waals surface area contributed by atoms with E-state index in [0.29, 0.717) is 0 Å². The molecule has 0 spiro atoms. The summed E-state index contributed by atoms with van der Waals surface area (Å²) in [5.74, 6) is 0.910. The van der Waals surface area contributed by atoms with Crippen LogP contribution >= 0.6 is 0 Å². The van der Waals surface area contributed by atoms with Gasteiger partial charge in [-0.3, -0.25) is 0 Å². The number of hydrogen-bond acceptors (Lipinski definition) is 3. The van der Waals surface area contributed by atoms with E-state index in [2.05, 4.69) is 41.8 Å². The molecular formula is C18H24N2O. The highest BCUT2D eigenvalue weighted by Crippen LogP contribution is 2.16. The van der Waals surface area contributed by atoms with Crippen molar-refractivity contribution >= 4 is 11.4 Å². The molecule has 0 bridgehead atoms. The second-order valence-corrected chi connectivity index (χ2v) is 5.41. The highest BCUT2D eigenvalue weighted by molar-refractivity contribution is 5.47. The van der Waals surface area contributed by atoms with Gasteiger partial charge < -0.3 is 15.4 Å². The third kappa shape index (κ3) is 5.38. The predicted octanol–water partition coefficient (Wildman–Crippen LogP) is 4.31. The molecule has 0 aromatic heterocycles. The highest BCUT2D eigenvalue weighted by Gasteiger charge is 1.98. The van der Waals surface area contributed by atoms with Crippen molar-refractivity contribution in [3.63, 3.8) is 0 Å². The maximum Gasteiger partial charge on any atom is 0.119 e. The van der Waals surface area contributed by atoms with Crippen molar-refractivity contribution in [2.75, 3.05) is 23.7 Å². The molecule has 3 heteroatoms. The second kappa shape index (κ2) is 7.58. The van der Waals surface area contributed by atoms with Gasteiger partial charge >= 0.3 is 0 Å². The molecule has 2 rings (SSSR count). The largest absolute Gasteiger partial charge is 0.491 e.